The van der Waals surface area contributed by atoms with Gasteiger partial charge in [0.15, 0.2) is 5.03 Å². The first kappa shape index (κ1) is 17.2. The Balaban J connectivity index is 2.27. The van der Waals surface area contributed by atoms with Gasteiger partial charge in [-0.15, -0.1) is 0 Å². The molecular formula is C18H16FN3O2S. The minimum Gasteiger partial charge on any atom is -0.303 e. The molecule has 0 bridgehead atoms. The lowest BCUT2D eigenvalue weighted by atomic mass is 10.1. The fraction of sp³-hybridized carbons (Fsp3) is 0.167. The molecule has 0 atom stereocenters. The molecule has 2 aromatic carbocycles. The van der Waals surface area contributed by atoms with Gasteiger partial charge in [0.1, 0.15) is 11.5 Å². The van der Waals surface area contributed by atoms with E-state index in [0.29, 0.717) is 23.9 Å². The van der Waals surface area contributed by atoms with Crippen LogP contribution in [0.3, 0.4) is 0 Å². The second-order valence-corrected chi connectivity index (χ2v) is 7.42. The van der Waals surface area contributed by atoms with E-state index in [1.807, 2.05) is 6.92 Å². The number of aromatic nitrogens is 2. The quantitative estimate of drug-likeness (QED) is 0.556. The summed E-state index contributed by atoms with van der Waals surface area (Å²) in [5.74, 6) is -0.525. The number of benzene rings is 2. The molecular weight excluding hydrogens is 341 g/mol. The molecule has 3 rings (SSSR count). The van der Waals surface area contributed by atoms with E-state index in [9.17, 15) is 12.8 Å². The van der Waals surface area contributed by atoms with Crippen molar-refractivity contribution in [3.05, 3.63) is 60.0 Å². The van der Waals surface area contributed by atoms with Crippen molar-refractivity contribution in [2.45, 2.75) is 29.7 Å². The van der Waals surface area contributed by atoms with Crippen molar-refractivity contribution in [3.63, 3.8) is 0 Å². The molecule has 1 aromatic heterocycles. The Labute approximate surface area is 145 Å². The highest BCUT2D eigenvalue weighted by atomic mass is 32.2. The Morgan fingerprint density at radius 2 is 1.64 bits per heavy atom. The highest BCUT2D eigenvalue weighted by Gasteiger charge is 2.26. The molecule has 0 saturated carbocycles. The largest absolute Gasteiger partial charge is 0.303 e. The topological polar surface area (TPSA) is 83.8 Å². The lowest BCUT2D eigenvalue weighted by Gasteiger charge is -2.11. The maximum Gasteiger partial charge on any atom is 0.226 e. The van der Waals surface area contributed by atoms with Gasteiger partial charge in [-0.2, -0.15) is 0 Å². The summed E-state index contributed by atoms with van der Waals surface area (Å²) in [6.07, 6.45) is 1.07. The summed E-state index contributed by atoms with van der Waals surface area (Å²) in [7, 11) is -4.02. The summed E-state index contributed by atoms with van der Waals surface area (Å²) in [6.45, 7) is 1.90. The third-order valence-electron chi connectivity index (χ3n) is 3.70. The first-order valence-corrected chi connectivity index (χ1v) is 9.27. The van der Waals surface area contributed by atoms with Gasteiger partial charge in [0.25, 0.3) is 0 Å². The van der Waals surface area contributed by atoms with Crippen LogP contribution < -0.4 is 0 Å². The van der Waals surface area contributed by atoms with Gasteiger partial charge in [0.05, 0.1) is 21.6 Å². The van der Waals surface area contributed by atoms with Crippen LogP contribution >= 0.6 is 0 Å². The third-order valence-corrected chi connectivity index (χ3v) is 5.39. The molecule has 0 aliphatic carbocycles. The van der Waals surface area contributed by atoms with Crippen LogP contribution in [0.5, 0.6) is 0 Å². The molecule has 1 heterocycles. The second kappa shape index (κ2) is 6.68. The van der Waals surface area contributed by atoms with Crippen molar-refractivity contribution in [1.82, 2.24) is 9.97 Å². The summed E-state index contributed by atoms with van der Waals surface area (Å²) in [4.78, 5) is 8.55. The van der Waals surface area contributed by atoms with Crippen LogP contribution in [0.15, 0.2) is 58.5 Å². The van der Waals surface area contributed by atoms with Crippen LogP contribution in [-0.4, -0.2) is 24.1 Å². The molecule has 0 unspecified atom stereocenters. The summed E-state index contributed by atoms with van der Waals surface area (Å²) < 4.78 is 39.1. The number of para-hydroxylation sites is 2. The Morgan fingerprint density at radius 3 is 2.24 bits per heavy atom. The molecule has 7 heteroatoms. The van der Waals surface area contributed by atoms with Crippen molar-refractivity contribution in [1.29, 1.82) is 5.41 Å². The summed E-state index contributed by atoms with van der Waals surface area (Å²) in [5.41, 5.74) is 1.11. The zero-order valence-corrected chi connectivity index (χ0v) is 14.3. The zero-order valence-electron chi connectivity index (χ0n) is 13.5. The average molecular weight is 357 g/mol. The molecule has 0 radical (unpaired) electrons. The zero-order chi connectivity index (χ0) is 18.0. The van der Waals surface area contributed by atoms with Gasteiger partial charge in [0, 0.05) is 0 Å². The number of rotatable bonds is 5. The fourth-order valence-electron chi connectivity index (χ4n) is 2.46. The molecule has 0 spiro atoms. The van der Waals surface area contributed by atoms with Crippen molar-refractivity contribution in [2.24, 2.45) is 0 Å². The van der Waals surface area contributed by atoms with Gasteiger partial charge in [-0.3, -0.25) is 0 Å². The van der Waals surface area contributed by atoms with Gasteiger partial charge in [0.2, 0.25) is 9.84 Å². The number of fused-ring (bicyclic) bond motifs is 1. The van der Waals surface area contributed by atoms with Crippen molar-refractivity contribution >= 4 is 26.6 Å². The van der Waals surface area contributed by atoms with E-state index < -0.39 is 15.7 Å². The number of sulfone groups is 1. The Morgan fingerprint density at radius 1 is 1.04 bits per heavy atom. The van der Waals surface area contributed by atoms with E-state index >= 15 is 0 Å². The van der Waals surface area contributed by atoms with Crippen molar-refractivity contribution in [3.8, 4) is 0 Å². The molecule has 0 aliphatic heterocycles. The molecule has 128 valence electrons. The molecule has 0 aliphatic rings. The first-order valence-electron chi connectivity index (χ1n) is 7.78. The predicted molar refractivity (Wildman–Crippen MR) is 93.1 cm³/mol. The molecule has 0 saturated heterocycles. The molecule has 0 fully saturated rings. The van der Waals surface area contributed by atoms with Crippen LogP contribution in [0, 0.1) is 11.2 Å². The maximum atomic E-state index is 13.1. The van der Waals surface area contributed by atoms with E-state index in [-0.39, 0.29) is 21.3 Å². The third kappa shape index (κ3) is 3.28. The van der Waals surface area contributed by atoms with Crippen LogP contribution in [0.4, 0.5) is 4.39 Å². The smallest absolute Gasteiger partial charge is 0.226 e. The van der Waals surface area contributed by atoms with Crippen molar-refractivity contribution in [2.75, 3.05) is 0 Å². The fourth-order valence-corrected chi connectivity index (χ4v) is 3.82. The predicted octanol–water partition coefficient (Wildman–Crippen LogP) is 3.77. The molecule has 1 N–H and O–H groups in total. The van der Waals surface area contributed by atoms with Gasteiger partial charge in [-0.1, -0.05) is 25.5 Å². The number of halogens is 1. The minimum absolute atomic E-state index is 0.0462. The molecule has 3 aromatic rings. The van der Waals surface area contributed by atoms with E-state index in [4.69, 9.17) is 5.41 Å². The average Bonchev–Trinajstić information content (AvgIpc) is 2.61. The molecule has 5 nitrogen and oxygen atoms in total. The summed E-state index contributed by atoms with van der Waals surface area (Å²) >= 11 is 0. The number of hydrogen-bond acceptors (Lipinski definition) is 5. The lowest BCUT2D eigenvalue weighted by molar-refractivity contribution is 0.590. The van der Waals surface area contributed by atoms with Crippen LogP contribution in [0.2, 0.25) is 0 Å². The number of hydrogen-bond donors (Lipinski definition) is 1. The van der Waals surface area contributed by atoms with Gasteiger partial charge >= 0.3 is 0 Å². The van der Waals surface area contributed by atoms with Crippen LogP contribution in [0.25, 0.3) is 11.0 Å². The van der Waals surface area contributed by atoms with Crippen molar-refractivity contribution < 1.29 is 12.8 Å². The van der Waals surface area contributed by atoms with Gasteiger partial charge in [-0.05, 0) is 42.8 Å². The Hall–Kier alpha value is -2.67. The maximum absolute atomic E-state index is 13.1. The molecule has 0 amide bonds. The SMILES string of the molecule is CCCC(=N)c1nc2ccccc2nc1S(=O)(=O)c1ccc(F)cc1. The van der Waals surface area contributed by atoms with Crippen LogP contribution in [0.1, 0.15) is 25.5 Å². The molecule has 25 heavy (non-hydrogen) atoms. The first-order chi connectivity index (χ1) is 11.9. The van der Waals surface area contributed by atoms with Gasteiger partial charge in [-0.25, -0.2) is 22.8 Å². The van der Waals surface area contributed by atoms with E-state index in [1.165, 1.54) is 12.1 Å². The Bertz CT molecular complexity index is 1050. The van der Waals surface area contributed by atoms with Gasteiger partial charge < -0.3 is 5.41 Å². The number of nitrogens with zero attached hydrogens (tertiary/aromatic N) is 2. The Kier molecular flexibility index (Phi) is 4.59. The highest BCUT2D eigenvalue weighted by Crippen LogP contribution is 2.25. The summed E-state index contributed by atoms with van der Waals surface area (Å²) in [6, 6.07) is 11.4. The van der Waals surface area contributed by atoms with E-state index in [1.54, 1.807) is 24.3 Å². The standard InChI is InChI=1S/C18H16FN3O2S/c1-2-5-14(20)17-18(22-16-7-4-3-6-15(16)21-17)25(23,24)13-10-8-12(19)9-11-13/h3-4,6-11,20H,2,5H2,1H3. The monoisotopic (exact) mass is 357 g/mol. The second-order valence-electron chi connectivity index (χ2n) is 5.55. The lowest BCUT2D eigenvalue weighted by Crippen LogP contribution is -2.14. The minimum atomic E-state index is -4.02. The number of nitrogens with one attached hydrogen (secondary N) is 1. The van der Waals surface area contributed by atoms with E-state index in [2.05, 4.69) is 9.97 Å². The normalized spacial score (nSPS) is 11.6. The van der Waals surface area contributed by atoms with E-state index in [0.717, 1.165) is 12.1 Å². The highest BCUT2D eigenvalue weighted by molar-refractivity contribution is 7.91. The van der Waals surface area contributed by atoms with Crippen LogP contribution in [-0.2, 0) is 9.84 Å². The summed E-state index contributed by atoms with van der Waals surface area (Å²) in [5, 5.41) is 7.93.